The normalized spacial score (nSPS) is 17.1. The van der Waals surface area contributed by atoms with Gasteiger partial charge < -0.3 is 9.84 Å². The van der Waals surface area contributed by atoms with E-state index >= 15 is 0 Å². The third-order valence-electron chi connectivity index (χ3n) is 2.98. The number of hydrogen-bond acceptors (Lipinski definition) is 2. The maximum atomic E-state index is 13.7. The highest BCUT2D eigenvalue weighted by molar-refractivity contribution is 5.88. The molecule has 0 aliphatic carbocycles. The quantitative estimate of drug-likeness (QED) is 0.866. The number of carboxylic acids is 1. The van der Waals surface area contributed by atoms with Crippen molar-refractivity contribution in [2.75, 3.05) is 13.2 Å². The van der Waals surface area contributed by atoms with E-state index in [0.717, 1.165) is 12.1 Å². The highest BCUT2D eigenvalue weighted by Crippen LogP contribution is 2.30. The predicted molar refractivity (Wildman–Crippen MR) is 56.1 cm³/mol. The molecule has 0 spiro atoms. The van der Waals surface area contributed by atoms with Gasteiger partial charge in [0.15, 0.2) is 0 Å². The molecule has 1 aromatic carbocycles. The lowest BCUT2D eigenvalue weighted by molar-refractivity contribution is 0.0690. The van der Waals surface area contributed by atoms with Crippen molar-refractivity contribution in [3.8, 4) is 0 Å². The second-order valence-electron chi connectivity index (χ2n) is 4.05. The smallest absolute Gasteiger partial charge is 0.338 e. The van der Waals surface area contributed by atoms with Crippen LogP contribution in [0.3, 0.4) is 0 Å². The Morgan fingerprint density at radius 1 is 1.24 bits per heavy atom. The Morgan fingerprint density at radius 2 is 1.88 bits per heavy atom. The highest BCUT2D eigenvalue weighted by atomic mass is 19.1. The molecule has 1 heterocycles. The topological polar surface area (TPSA) is 46.5 Å². The minimum atomic E-state index is -1.46. The van der Waals surface area contributed by atoms with E-state index in [-0.39, 0.29) is 11.5 Å². The molecule has 0 bridgehead atoms. The molecule has 1 fully saturated rings. The second-order valence-corrected chi connectivity index (χ2v) is 4.05. The average Bonchev–Trinajstić information content (AvgIpc) is 2.32. The number of aromatic carboxylic acids is 1. The molecule has 0 aromatic heterocycles. The summed E-state index contributed by atoms with van der Waals surface area (Å²) in [5.74, 6) is -3.10. The maximum absolute atomic E-state index is 13.7. The number of halogens is 2. The third kappa shape index (κ3) is 2.44. The van der Waals surface area contributed by atoms with E-state index in [1.165, 1.54) is 0 Å². The molecule has 1 saturated heterocycles. The summed E-state index contributed by atoms with van der Waals surface area (Å²) in [5.41, 5.74) is -0.380. The maximum Gasteiger partial charge on any atom is 0.338 e. The number of rotatable bonds is 2. The van der Waals surface area contributed by atoms with Gasteiger partial charge in [0.1, 0.15) is 11.6 Å². The van der Waals surface area contributed by atoms with Gasteiger partial charge in [-0.15, -0.1) is 0 Å². The van der Waals surface area contributed by atoms with Crippen LogP contribution in [0.4, 0.5) is 8.78 Å². The summed E-state index contributed by atoms with van der Waals surface area (Å²) in [4.78, 5) is 10.6. The molecule has 0 unspecified atom stereocenters. The van der Waals surface area contributed by atoms with Crippen LogP contribution in [0.2, 0.25) is 0 Å². The Kier molecular flexibility index (Phi) is 3.38. The summed E-state index contributed by atoms with van der Waals surface area (Å²) < 4.78 is 32.3. The molecule has 0 radical (unpaired) electrons. The van der Waals surface area contributed by atoms with Crippen molar-refractivity contribution in [1.29, 1.82) is 0 Å². The van der Waals surface area contributed by atoms with Crippen molar-refractivity contribution in [2.24, 2.45) is 0 Å². The Labute approximate surface area is 97.0 Å². The molecule has 92 valence electrons. The first kappa shape index (κ1) is 12.0. The van der Waals surface area contributed by atoms with E-state index < -0.39 is 23.2 Å². The van der Waals surface area contributed by atoms with E-state index in [4.69, 9.17) is 9.84 Å². The fraction of sp³-hybridized carbons (Fsp3) is 0.417. The third-order valence-corrected chi connectivity index (χ3v) is 2.98. The van der Waals surface area contributed by atoms with Crippen LogP contribution < -0.4 is 0 Å². The zero-order valence-electron chi connectivity index (χ0n) is 9.08. The molecule has 1 N–H and O–H groups in total. The molecule has 0 saturated carbocycles. The lowest BCUT2D eigenvalue weighted by atomic mass is 9.90. The standard InChI is InChI=1S/C12H12F2O3/c13-10-6-9(12(15)16)11(14)5-8(10)7-1-3-17-4-2-7/h5-7H,1-4H2,(H,15,16). The molecule has 2 rings (SSSR count). The van der Waals surface area contributed by atoms with Gasteiger partial charge in [0, 0.05) is 13.2 Å². The first-order chi connectivity index (χ1) is 8.09. The van der Waals surface area contributed by atoms with Crippen molar-refractivity contribution in [3.63, 3.8) is 0 Å². The first-order valence-electron chi connectivity index (χ1n) is 5.39. The van der Waals surface area contributed by atoms with Gasteiger partial charge in [-0.3, -0.25) is 0 Å². The van der Waals surface area contributed by atoms with Crippen molar-refractivity contribution < 1.29 is 23.4 Å². The lowest BCUT2D eigenvalue weighted by Crippen LogP contribution is -2.16. The highest BCUT2D eigenvalue weighted by Gasteiger charge is 2.22. The van der Waals surface area contributed by atoms with Gasteiger partial charge in [-0.05, 0) is 36.5 Å². The van der Waals surface area contributed by atoms with E-state index in [1.54, 1.807) is 0 Å². The van der Waals surface area contributed by atoms with Crippen LogP contribution in [-0.2, 0) is 4.74 Å². The van der Waals surface area contributed by atoms with E-state index in [0.29, 0.717) is 26.1 Å². The number of carboxylic acid groups (broad SMARTS) is 1. The van der Waals surface area contributed by atoms with Gasteiger partial charge in [-0.1, -0.05) is 0 Å². The molecular weight excluding hydrogens is 230 g/mol. The summed E-state index contributed by atoms with van der Waals surface area (Å²) in [6.07, 6.45) is 1.26. The van der Waals surface area contributed by atoms with Crippen LogP contribution in [0.25, 0.3) is 0 Å². The predicted octanol–water partition coefficient (Wildman–Crippen LogP) is 2.56. The van der Waals surface area contributed by atoms with Crippen LogP contribution >= 0.6 is 0 Å². The van der Waals surface area contributed by atoms with Crippen molar-refractivity contribution in [2.45, 2.75) is 18.8 Å². The molecule has 1 aromatic rings. The van der Waals surface area contributed by atoms with Gasteiger partial charge in [-0.2, -0.15) is 0 Å². The molecule has 5 heteroatoms. The molecule has 17 heavy (non-hydrogen) atoms. The summed E-state index contributed by atoms with van der Waals surface area (Å²) in [5, 5.41) is 8.66. The summed E-state index contributed by atoms with van der Waals surface area (Å²) in [6, 6.07) is 1.75. The molecule has 1 aliphatic heterocycles. The Bertz CT molecular complexity index is 440. The average molecular weight is 242 g/mol. The minimum absolute atomic E-state index is 0.0962. The van der Waals surface area contributed by atoms with Gasteiger partial charge in [0.05, 0.1) is 5.56 Å². The number of hydrogen-bond donors (Lipinski definition) is 1. The van der Waals surface area contributed by atoms with Crippen LogP contribution in [0.15, 0.2) is 12.1 Å². The van der Waals surface area contributed by atoms with Crippen LogP contribution in [0.5, 0.6) is 0 Å². The zero-order chi connectivity index (χ0) is 12.4. The fourth-order valence-electron chi connectivity index (χ4n) is 2.05. The molecular formula is C12H12F2O3. The first-order valence-corrected chi connectivity index (χ1v) is 5.39. The SMILES string of the molecule is O=C(O)c1cc(F)c(C2CCOCC2)cc1F. The van der Waals surface area contributed by atoms with Crippen LogP contribution in [0.1, 0.15) is 34.7 Å². The summed E-state index contributed by atoms with van der Waals surface area (Å²) in [6.45, 7) is 1.04. The largest absolute Gasteiger partial charge is 0.478 e. The van der Waals surface area contributed by atoms with Crippen molar-refractivity contribution in [1.82, 2.24) is 0 Å². The van der Waals surface area contributed by atoms with Gasteiger partial charge in [-0.25, -0.2) is 13.6 Å². The Morgan fingerprint density at radius 3 is 2.47 bits per heavy atom. The summed E-state index contributed by atoms with van der Waals surface area (Å²) >= 11 is 0. The fourth-order valence-corrected chi connectivity index (χ4v) is 2.05. The molecule has 0 amide bonds. The second kappa shape index (κ2) is 4.79. The van der Waals surface area contributed by atoms with Crippen LogP contribution in [-0.4, -0.2) is 24.3 Å². The number of benzene rings is 1. The van der Waals surface area contributed by atoms with Gasteiger partial charge >= 0.3 is 5.97 Å². The Balaban J connectivity index is 2.35. The van der Waals surface area contributed by atoms with Gasteiger partial charge in [0.2, 0.25) is 0 Å². The van der Waals surface area contributed by atoms with Gasteiger partial charge in [0.25, 0.3) is 0 Å². The Hall–Kier alpha value is -1.49. The van der Waals surface area contributed by atoms with Crippen LogP contribution in [0, 0.1) is 11.6 Å². The van der Waals surface area contributed by atoms with E-state index in [1.807, 2.05) is 0 Å². The lowest BCUT2D eigenvalue weighted by Gasteiger charge is -2.23. The van der Waals surface area contributed by atoms with Crippen molar-refractivity contribution in [3.05, 3.63) is 34.9 Å². The number of ether oxygens (including phenoxy) is 1. The van der Waals surface area contributed by atoms with E-state index in [9.17, 15) is 13.6 Å². The molecule has 1 aliphatic rings. The minimum Gasteiger partial charge on any atom is -0.478 e. The number of carbonyl (C=O) groups is 1. The van der Waals surface area contributed by atoms with Crippen molar-refractivity contribution >= 4 is 5.97 Å². The molecule has 3 nitrogen and oxygen atoms in total. The molecule has 0 atom stereocenters. The zero-order valence-corrected chi connectivity index (χ0v) is 9.08. The van der Waals surface area contributed by atoms with E-state index in [2.05, 4.69) is 0 Å². The summed E-state index contributed by atoms with van der Waals surface area (Å²) in [7, 11) is 0. The monoisotopic (exact) mass is 242 g/mol.